The van der Waals surface area contributed by atoms with Crippen LogP contribution in [0, 0.1) is 0 Å². The lowest BCUT2D eigenvalue weighted by Crippen LogP contribution is -2.37. The Morgan fingerprint density at radius 2 is 1.87 bits per heavy atom. The zero-order chi connectivity index (χ0) is 10.5. The first-order valence-electron chi connectivity index (χ1n) is 6.32. The van der Waals surface area contributed by atoms with Crippen LogP contribution in [0.2, 0.25) is 0 Å². The van der Waals surface area contributed by atoms with Gasteiger partial charge in [-0.15, -0.1) is 0 Å². The number of nitrogens with zero attached hydrogens (tertiary/aromatic N) is 1. The maximum absolute atomic E-state index is 6.07. The minimum Gasteiger partial charge on any atom is -0.383 e. The van der Waals surface area contributed by atoms with Crippen LogP contribution in [0.1, 0.15) is 44.9 Å². The number of ether oxygens (including phenoxy) is 1. The van der Waals surface area contributed by atoms with E-state index in [4.69, 9.17) is 9.57 Å². The summed E-state index contributed by atoms with van der Waals surface area (Å²) in [6, 6.07) is 0.497. The molecule has 0 amide bonds. The van der Waals surface area contributed by atoms with Gasteiger partial charge in [-0.3, -0.25) is 4.84 Å². The third-order valence-corrected chi connectivity index (χ3v) is 3.52. The average Bonchev–Trinajstić information content (AvgIpc) is 2.68. The molecule has 0 N–H and O–H groups in total. The Bertz CT molecular complexity index is 180. The lowest BCUT2D eigenvalue weighted by molar-refractivity contribution is -0.218. The van der Waals surface area contributed by atoms with E-state index in [0.29, 0.717) is 12.1 Å². The third kappa shape index (κ3) is 3.16. The molecule has 1 saturated carbocycles. The highest BCUT2D eigenvalue weighted by atomic mass is 16.7. The van der Waals surface area contributed by atoms with Crippen molar-refractivity contribution in [3.63, 3.8) is 0 Å². The quantitative estimate of drug-likeness (QED) is 0.715. The van der Waals surface area contributed by atoms with Gasteiger partial charge in [-0.05, 0) is 25.7 Å². The molecule has 0 spiro atoms. The van der Waals surface area contributed by atoms with Crippen LogP contribution in [0.5, 0.6) is 0 Å². The van der Waals surface area contributed by atoms with Crippen LogP contribution in [0.3, 0.4) is 0 Å². The minimum absolute atomic E-state index is 0.483. The standard InChI is InChI=1S/C12H23NO2/c1-14-10-11-6-5-9-13(11)15-12-7-3-2-4-8-12/h11-12H,2-10H2,1H3. The summed E-state index contributed by atoms with van der Waals surface area (Å²) in [6.45, 7) is 1.90. The van der Waals surface area contributed by atoms with Gasteiger partial charge in [0.15, 0.2) is 0 Å². The van der Waals surface area contributed by atoms with Crippen molar-refractivity contribution in [3.8, 4) is 0 Å². The van der Waals surface area contributed by atoms with E-state index in [-0.39, 0.29) is 0 Å². The summed E-state index contributed by atoms with van der Waals surface area (Å²) in [7, 11) is 1.77. The second kappa shape index (κ2) is 5.83. The van der Waals surface area contributed by atoms with Crippen molar-refractivity contribution < 1.29 is 9.57 Å². The second-order valence-electron chi connectivity index (χ2n) is 4.76. The van der Waals surface area contributed by atoms with Gasteiger partial charge in [0.2, 0.25) is 0 Å². The zero-order valence-electron chi connectivity index (χ0n) is 9.78. The molecule has 1 aliphatic heterocycles. The molecule has 1 unspecified atom stereocenters. The van der Waals surface area contributed by atoms with Crippen molar-refractivity contribution in [1.82, 2.24) is 5.06 Å². The van der Waals surface area contributed by atoms with Crippen molar-refractivity contribution in [3.05, 3.63) is 0 Å². The molecule has 1 atom stereocenters. The van der Waals surface area contributed by atoms with E-state index in [1.807, 2.05) is 0 Å². The Morgan fingerprint density at radius 1 is 1.07 bits per heavy atom. The first kappa shape index (κ1) is 11.4. The molecule has 0 aromatic rings. The highest BCUT2D eigenvalue weighted by Gasteiger charge is 2.28. The van der Waals surface area contributed by atoms with Crippen LogP contribution in [0.15, 0.2) is 0 Å². The normalized spacial score (nSPS) is 29.8. The van der Waals surface area contributed by atoms with Gasteiger partial charge >= 0.3 is 0 Å². The number of hydroxylamine groups is 2. The summed E-state index contributed by atoms with van der Waals surface area (Å²) >= 11 is 0. The molecule has 2 aliphatic rings. The van der Waals surface area contributed by atoms with Crippen molar-refractivity contribution >= 4 is 0 Å². The van der Waals surface area contributed by atoms with Crippen LogP contribution in [-0.4, -0.2) is 37.5 Å². The van der Waals surface area contributed by atoms with Crippen molar-refractivity contribution in [2.45, 2.75) is 57.1 Å². The number of hydrogen-bond acceptors (Lipinski definition) is 3. The van der Waals surface area contributed by atoms with Crippen LogP contribution < -0.4 is 0 Å². The van der Waals surface area contributed by atoms with Gasteiger partial charge < -0.3 is 4.74 Å². The maximum Gasteiger partial charge on any atom is 0.0793 e. The third-order valence-electron chi connectivity index (χ3n) is 3.52. The second-order valence-corrected chi connectivity index (χ2v) is 4.76. The summed E-state index contributed by atoms with van der Waals surface area (Å²) in [5.74, 6) is 0. The van der Waals surface area contributed by atoms with Gasteiger partial charge in [0.1, 0.15) is 0 Å². The lowest BCUT2D eigenvalue weighted by atomic mass is 9.98. The van der Waals surface area contributed by atoms with E-state index >= 15 is 0 Å². The predicted octanol–water partition coefficient (Wildman–Crippen LogP) is 2.36. The molecule has 0 bridgehead atoms. The Balaban J connectivity index is 1.76. The van der Waals surface area contributed by atoms with E-state index in [2.05, 4.69) is 5.06 Å². The summed E-state index contributed by atoms with van der Waals surface area (Å²) in [5.41, 5.74) is 0. The molecule has 0 radical (unpaired) electrons. The lowest BCUT2D eigenvalue weighted by Gasteiger charge is -2.30. The van der Waals surface area contributed by atoms with Crippen molar-refractivity contribution in [2.75, 3.05) is 20.3 Å². The van der Waals surface area contributed by atoms with Gasteiger partial charge in [0.25, 0.3) is 0 Å². The van der Waals surface area contributed by atoms with Crippen molar-refractivity contribution in [2.24, 2.45) is 0 Å². The minimum atomic E-state index is 0.483. The molecule has 2 fully saturated rings. The zero-order valence-corrected chi connectivity index (χ0v) is 9.78. The van der Waals surface area contributed by atoms with Crippen LogP contribution >= 0.6 is 0 Å². The summed E-state index contributed by atoms with van der Waals surface area (Å²) in [4.78, 5) is 6.07. The number of rotatable bonds is 4. The fraction of sp³-hybridized carbons (Fsp3) is 1.00. The molecule has 3 nitrogen and oxygen atoms in total. The van der Waals surface area contributed by atoms with Crippen LogP contribution in [0.25, 0.3) is 0 Å². The Labute approximate surface area is 92.7 Å². The molecule has 88 valence electrons. The Hall–Kier alpha value is -0.120. The molecule has 1 aliphatic carbocycles. The SMILES string of the molecule is COCC1CCCN1OC1CCCCC1. The molecular weight excluding hydrogens is 190 g/mol. The molecule has 2 rings (SSSR count). The van der Waals surface area contributed by atoms with Gasteiger partial charge in [0, 0.05) is 13.7 Å². The monoisotopic (exact) mass is 213 g/mol. The molecule has 0 aromatic carbocycles. The molecule has 15 heavy (non-hydrogen) atoms. The van der Waals surface area contributed by atoms with Crippen LogP contribution in [-0.2, 0) is 9.57 Å². The summed E-state index contributed by atoms with van der Waals surface area (Å²) in [6.07, 6.45) is 9.52. The van der Waals surface area contributed by atoms with Gasteiger partial charge in [-0.25, -0.2) is 0 Å². The van der Waals surface area contributed by atoms with Gasteiger partial charge in [-0.2, -0.15) is 5.06 Å². The topological polar surface area (TPSA) is 21.7 Å². The van der Waals surface area contributed by atoms with E-state index < -0.39 is 0 Å². The summed E-state index contributed by atoms with van der Waals surface area (Å²) < 4.78 is 5.22. The van der Waals surface area contributed by atoms with Gasteiger partial charge in [-0.1, -0.05) is 19.3 Å². The largest absolute Gasteiger partial charge is 0.383 e. The number of hydrogen-bond donors (Lipinski definition) is 0. The van der Waals surface area contributed by atoms with E-state index in [1.54, 1.807) is 7.11 Å². The van der Waals surface area contributed by atoms with Crippen LogP contribution in [0.4, 0.5) is 0 Å². The summed E-state index contributed by atoms with van der Waals surface area (Å²) in [5, 5.41) is 2.18. The molecule has 1 heterocycles. The highest BCUT2D eigenvalue weighted by Crippen LogP contribution is 2.25. The molecule has 1 saturated heterocycles. The Morgan fingerprint density at radius 3 is 2.60 bits per heavy atom. The predicted molar refractivity (Wildman–Crippen MR) is 59.6 cm³/mol. The smallest absolute Gasteiger partial charge is 0.0793 e. The van der Waals surface area contributed by atoms with E-state index in [0.717, 1.165) is 13.2 Å². The van der Waals surface area contributed by atoms with Gasteiger partial charge in [0.05, 0.1) is 18.8 Å². The van der Waals surface area contributed by atoms with E-state index in [9.17, 15) is 0 Å². The Kier molecular flexibility index (Phi) is 4.42. The van der Waals surface area contributed by atoms with Crippen molar-refractivity contribution in [1.29, 1.82) is 0 Å². The first-order valence-corrected chi connectivity index (χ1v) is 6.32. The molecule has 3 heteroatoms. The highest BCUT2D eigenvalue weighted by molar-refractivity contribution is 4.74. The number of methoxy groups -OCH3 is 1. The fourth-order valence-corrected chi connectivity index (χ4v) is 2.67. The molecule has 0 aromatic heterocycles. The average molecular weight is 213 g/mol. The van der Waals surface area contributed by atoms with E-state index in [1.165, 1.54) is 44.9 Å². The molecular formula is C12H23NO2. The first-order chi connectivity index (χ1) is 7.40. The maximum atomic E-state index is 6.07. The fourth-order valence-electron chi connectivity index (χ4n) is 2.67.